The summed E-state index contributed by atoms with van der Waals surface area (Å²) >= 11 is 0. The molecule has 0 fully saturated rings. The number of hydrogen-bond donors (Lipinski definition) is 1. The highest BCUT2D eigenvalue weighted by Crippen LogP contribution is 2.31. The van der Waals surface area contributed by atoms with E-state index in [2.05, 4.69) is 118 Å². The van der Waals surface area contributed by atoms with Crippen LogP contribution in [-0.2, 0) is 0 Å². The third-order valence-corrected chi connectivity index (χ3v) is 9.63. The number of aryl methyl sites for hydroxylation is 2. The molecule has 6 rings (SSSR count). The van der Waals surface area contributed by atoms with Gasteiger partial charge in [0.25, 0.3) is 0 Å². The summed E-state index contributed by atoms with van der Waals surface area (Å²) in [6.07, 6.45) is 5.17. The number of carbonyl (C=O) groups is 1. The number of ketones is 1. The van der Waals surface area contributed by atoms with Gasteiger partial charge in [0, 0.05) is 12.0 Å². The lowest BCUT2D eigenvalue weighted by Crippen LogP contribution is -2.01. The maximum absolute atomic E-state index is 12.3. The molecule has 0 radical (unpaired) electrons. The molecule has 50 heavy (non-hydrogen) atoms. The highest BCUT2D eigenvalue weighted by molar-refractivity contribution is 5.96. The number of Topliss-reactive ketones (excluding diaryl/α,β-unsaturated/α-hetero) is 1. The standard InChI is InChI=1S/C23H26O.C23H24O.2ClH/c2*1-17-8-5-12-20(16-17)23(24)15-6-9-18(2)21-14-7-11-19-10-3-4-13-22(19)21;;/h3-5,7-8,10-14,16,18,23-24H,6,9,15H2,1-2H3;3-5,7-8,10-14,16,18H,6,9,15H2,1-2H3;2*1H/t18-,23?;18-;;/m00../s1. The van der Waals surface area contributed by atoms with Gasteiger partial charge < -0.3 is 5.11 Å². The molecule has 0 aromatic heterocycles. The monoisotopic (exact) mass is 706 g/mol. The van der Waals surface area contributed by atoms with Gasteiger partial charge in [-0.2, -0.15) is 0 Å². The minimum atomic E-state index is -0.357. The molecular formula is C46H52Cl2O2. The zero-order valence-corrected chi connectivity index (χ0v) is 31.5. The largest absolute Gasteiger partial charge is 0.388 e. The summed E-state index contributed by atoms with van der Waals surface area (Å²) in [6.45, 7) is 8.65. The molecule has 4 heteroatoms. The molecule has 0 amide bonds. The van der Waals surface area contributed by atoms with E-state index in [1.54, 1.807) is 0 Å². The van der Waals surface area contributed by atoms with Crippen LogP contribution in [-0.4, -0.2) is 10.9 Å². The molecule has 6 aromatic carbocycles. The van der Waals surface area contributed by atoms with Crippen LogP contribution in [0.4, 0.5) is 0 Å². The summed E-state index contributed by atoms with van der Waals surface area (Å²) in [5.74, 6) is 1.21. The summed E-state index contributed by atoms with van der Waals surface area (Å²) in [5.41, 5.74) is 7.02. The van der Waals surface area contributed by atoms with Crippen molar-refractivity contribution in [2.45, 2.75) is 84.2 Å². The van der Waals surface area contributed by atoms with Crippen molar-refractivity contribution in [2.24, 2.45) is 0 Å². The van der Waals surface area contributed by atoms with Gasteiger partial charge in [-0.05, 0) is 102 Å². The Morgan fingerprint density at radius 2 is 1.04 bits per heavy atom. The van der Waals surface area contributed by atoms with Crippen molar-refractivity contribution < 1.29 is 9.90 Å². The number of aliphatic hydroxyl groups excluding tert-OH is 1. The second-order valence-electron chi connectivity index (χ2n) is 13.5. The van der Waals surface area contributed by atoms with E-state index in [9.17, 15) is 9.90 Å². The molecule has 6 aromatic rings. The Morgan fingerprint density at radius 1 is 0.560 bits per heavy atom. The van der Waals surface area contributed by atoms with Gasteiger partial charge in [0.2, 0.25) is 0 Å². The van der Waals surface area contributed by atoms with Crippen molar-refractivity contribution in [3.8, 4) is 0 Å². The molecular weight excluding hydrogens is 655 g/mol. The first-order chi connectivity index (χ1) is 23.3. The Hall–Kier alpha value is -3.95. The average Bonchev–Trinajstić information content (AvgIpc) is 3.11. The van der Waals surface area contributed by atoms with E-state index in [4.69, 9.17) is 0 Å². The van der Waals surface area contributed by atoms with Crippen LogP contribution in [0.1, 0.15) is 108 Å². The number of halogens is 2. The van der Waals surface area contributed by atoms with E-state index >= 15 is 0 Å². The summed E-state index contributed by atoms with van der Waals surface area (Å²) in [5, 5.41) is 15.7. The minimum absolute atomic E-state index is 0. The lowest BCUT2D eigenvalue weighted by atomic mass is 9.90. The summed E-state index contributed by atoms with van der Waals surface area (Å²) < 4.78 is 0. The molecule has 0 bridgehead atoms. The zero-order valence-electron chi connectivity index (χ0n) is 29.8. The molecule has 0 saturated carbocycles. The average molecular weight is 708 g/mol. The lowest BCUT2D eigenvalue weighted by molar-refractivity contribution is 0.0978. The van der Waals surface area contributed by atoms with Gasteiger partial charge in [-0.3, -0.25) is 4.79 Å². The van der Waals surface area contributed by atoms with Crippen LogP contribution < -0.4 is 0 Å². The fourth-order valence-electron chi connectivity index (χ4n) is 6.86. The van der Waals surface area contributed by atoms with E-state index in [-0.39, 0.29) is 36.7 Å². The van der Waals surface area contributed by atoms with Gasteiger partial charge >= 0.3 is 0 Å². The van der Waals surface area contributed by atoms with E-state index in [0.29, 0.717) is 18.3 Å². The number of carbonyl (C=O) groups excluding carboxylic acids is 1. The predicted octanol–water partition coefficient (Wildman–Crippen LogP) is 13.3. The Morgan fingerprint density at radius 3 is 1.60 bits per heavy atom. The van der Waals surface area contributed by atoms with E-state index in [0.717, 1.165) is 48.8 Å². The van der Waals surface area contributed by atoms with E-state index in [1.807, 2.05) is 43.3 Å². The summed E-state index contributed by atoms with van der Waals surface area (Å²) in [7, 11) is 0. The van der Waals surface area contributed by atoms with Gasteiger partial charge in [0.05, 0.1) is 6.10 Å². The van der Waals surface area contributed by atoms with Gasteiger partial charge in [-0.15, -0.1) is 24.8 Å². The van der Waals surface area contributed by atoms with Crippen LogP contribution in [0.25, 0.3) is 21.5 Å². The highest BCUT2D eigenvalue weighted by Gasteiger charge is 2.13. The third kappa shape index (κ3) is 11.0. The van der Waals surface area contributed by atoms with Gasteiger partial charge in [0.1, 0.15) is 0 Å². The van der Waals surface area contributed by atoms with Gasteiger partial charge in [0.15, 0.2) is 5.78 Å². The molecule has 0 aliphatic rings. The number of hydrogen-bond acceptors (Lipinski definition) is 2. The molecule has 1 unspecified atom stereocenters. The van der Waals surface area contributed by atoms with Crippen molar-refractivity contribution in [1.29, 1.82) is 0 Å². The molecule has 0 spiro atoms. The molecule has 1 N–H and O–H groups in total. The van der Waals surface area contributed by atoms with E-state index in [1.165, 1.54) is 38.2 Å². The minimum Gasteiger partial charge on any atom is -0.388 e. The second kappa shape index (κ2) is 20.0. The molecule has 0 saturated heterocycles. The highest BCUT2D eigenvalue weighted by atomic mass is 35.5. The van der Waals surface area contributed by atoms with Crippen LogP contribution in [0.5, 0.6) is 0 Å². The smallest absolute Gasteiger partial charge is 0.162 e. The SMILES string of the molecule is Cc1cccc(C(=O)CCC[C@H](C)c2cccc3ccccc23)c1.Cc1cccc(C(O)CCC[C@H](C)c2cccc3ccccc23)c1.Cl.Cl. The van der Waals surface area contributed by atoms with Crippen molar-refractivity contribution in [1.82, 2.24) is 0 Å². The van der Waals surface area contributed by atoms with Crippen LogP contribution >= 0.6 is 24.8 Å². The quantitative estimate of drug-likeness (QED) is 0.129. The first kappa shape index (κ1) is 40.5. The van der Waals surface area contributed by atoms with Crippen molar-refractivity contribution >= 4 is 52.1 Å². The van der Waals surface area contributed by atoms with Gasteiger partial charge in [-0.1, -0.05) is 152 Å². The Kier molecular flexibility index (Phi) is 16.2. The first-order valence-corrected chi connectivity index (χ1v) is 17.6. The van der Waals surface area contributed by atoms with Gasteiger partial charge in [-0.25, -0.2) is 0 Å². The zero-order chi connectivity index (χ0) is 33.9. The summed E-state index contributed by atoms with van der Waals surface area (Å²) in [6, 6.07) is 46.3. The first-order valence-electron chi connectivity index (χ1n) is 17.6. The molecule has 0 aliphatic heterocycles. The molecule has 2 nitrogen and oxygen atoms in total. The fraction of sp³-hybridized carbons (Fsp3) is 0.283. The molecule has 0 aliphatic carbocycles. The molecule has 3 atom stereocenters. The number of benzene rings is 6. The molecule has 0 heterocycles. The number of aliphatic hydroxyl groups is 1. The lowest BCUT2D eigenvalue weighted by Gasteiger charge is -2.16. The normalized spacial score (nSPS) is 12.5. The fourth-order valence-corrected chi connectivity index (χ4v) is 6.86. The Bertz CT molecular complexity index is 1940. The topological polar surface area (TPSA) is 37.3 Å². The van der Waals surface area contributed by atoms with Crippen molar-refractivity contribution in [3.05, 3.63) is 167 Å². The second-order valence-corrected chi connectivity index (χ2v) is 13.5. The maximum atomic E-state index is 12.3. The third-order valence-electron chi connectivity index (χ3n) is 9.63. The van der Waals surface area contributed by atoms with Crippen LogP contribution in [0.3, 0.4) is 0 Å². The summed E-state index contributed by atoms with van der Waals surface area (Å²) in [4.78, 5) is 12.3. The van der Waals surface area contributed by atoms with Crippen LogP contribution in [0, 0.1) is 13.8 Å². The molecule has 262 valence electrons. The Labute approximate surface area is 311 Å². The van der Waals surface area contributed by atoms with Crippen molar-refractivity contribution in [3.63, 3.8) is 0 Å². The van der Waals surface area contributed by atoms with Crippen LogP contribution in [0.15, 0.2) is 133 Å². The Balaban J connectivity index is 0.000000260. The maximum Gasteiger partial charge on any atom is 0.162 e. The number of rotatable bonds is 12. The predicted molar refractivity (Wildman–Crippen MR) is 219 cm³/mol. The van der Waals surface area contributed by atoms with E-state index < -0.39 is 0 Å². The van der Waals surface area contributed by atoms with Crippen LogP contribution in [0.2, 0.25) is 0 Å². The number of fused-ring (bicyclic) bond motifs is 2. The van der Waals surface area contributed by atoms with Crippen molar-refractivity contribution in [2.75, 3.05) is 0 Å².